The van der Waals surface area contributed by atoms with Crippen molar-refractivity contribution in [3.63, 3.8) is 0 Å². The molecule has 2 rings (SSSR count). The molecule has 0 fully saturated rings. The normalized spacial score (nSPS) is 10.3. The van der Waals surface area contributed by atoms with Gasteiger partial charge in [0.05, 0.1) is 5.69 Å². The van der Waals surface area contributed by atoms with E-state index in [0.29, 0.717) is 16.4 Å². The molecule has 0 spiro atoms. The predicted octanol–water partition coefficient (Wildman–Crippen LogP) is 2.19. The lowest BCUT2D eigenvalue weighted by Crippen LogP contribution is -2.13. The molecule has 18 heavy (non-hydrogen) atoms. The van der Waals surface area contributed by atoms with Gasteiger partial charge in [0.1, 0.15) is 10.7 Å². The van der Waals surface area contributed by atoms with Crippen LogP contribution in [0.5, 0.6) is 0 Å². The first-order valence-electron chi connectivity index (χ1n) is 5.32. The van der Waals surface area contributed by atoms with Gasteiger partial charge in [-0.3, -0.25) is 4.79 Å². The number of nitrogens with zero attached hydrogens (tertiary/aromatic N) is 4. The van der Waals surface area contributed by atoms with Crippen LogP contribution in [-0.2, 0) is 6.42 Å². The summed E-state index contributed by atoms with van der Waals surface area (Å²) in [6.45, 7) is 2.02. The second-order valence-corrected chi connectivity index (χ2v) is 4.56. The Morgan fingerprint density at radius 1 is 1.56 bits per heavy atom. The van der Waals surface area contributed by atoms with Gasteiger partial charge in [0.15, 0.2) is 0 Å². The summed E-state index contributed by atoms with van der Waals surface area (Å²) in [5.41, 5.74) is 0.708. The lowest BCUT2D eigenvalue weighted by Gasteiger charge is -2.03. The van der Waals surface area contributed by atoms with E-state index in [2.05, 4.69) is 24.9 Å². The number of nitrogens with one attached hydrogen (secondary N) is 1. The maximum absolute atomic E-state index is 12.0. The second kappa shape index (κ2) is 5.83. The molecule has 0 aliphatic carbocycles. The molecule has 2 heterocycles. The molecule has 94 valence electrons. The lowest BCUT2D eigenvalue weighted by atomic mass is 10.2. The molecular weight excluding hydrogens is 274 g/mol. The van der Waals surface area contributed by atoms with Crippen LogP contribution in [-0.4, -0.2) is 25.5 Å². The second-order valence-electron chi connectivity index (χ2n) is 3.46. The van der Waals surface area contributed by atoms with Crippen LogP contribution < -0.4 is 5.32 Å². The summed E-state index contributed by atoms with van der Waals surface area (Å²) in [6.07, 6.45) is 3.11. The molecule has 0 aliphatic heterocycles. The van der Waals surface area contributed by atoms with Crippen molar-refractivity contribution in [1.29, 1.82) is 0 Å². The Bertz CT molecular complexity index is 559. The van der Waals surface area contributed by atoms with Crippen LogP contribution in [0.1, 0.15) is 28.7 Å². The number of halogens is 1. The van der Waals surface area contributed by atoms with Crippen molar-refractivity contribution in [2.75, 3.05) is 5.32 Å². The van der Waals surface area contributed by atoms with E-state index in [4.69, 9.17) is 11.6 Å². The molecule has 0 bridgehead atoms. The maximum Gasteiger partial charge on any atom is 0.270 e. The van der Waals surface area contributed by atoms with Crippen LogP contribution in [0.15, 0.2) is 12.3 Å². The fraction of sp³-hybridized carbons (Fsp3) is 0.300. The summed E-state index contributed by atoms with van der Waals surface area (Å²) in [5, 5.41) is 6.66. The first-order valence-corrected chi connectivity index (χ1v) is 6.47. The van der Waals surface area contributed by atoms with Gasteiger partial charge in [-0.15, -0.1) is 5.10 Å². The largest absolute Gasteiger partial charge is 0.306 e. The minimum Gasteiger partial charge on any atom is -0.306 e. The molecule has 0 aliphatic rings. The van der Waals surface area contributed by atoms with Crippen LogP contribution >= 0.6 is 23.1 Å². The van der Waals surface area contributed by atoms with Crippen molar-refractivity contribution >= 4 is 34.9 Å². The van der Waals surface area contributed by atoms with Gasteiger partial charge in [0, 0.05) is 6.20 Å². The molecule has 0 atom stereocenters. The van der Waals surface area contributed by atoms with E-state index < -0.39 is 0 Å². The first-order chi connectivity index (χ1) is 8.70. The molecule has 8 heteroatoms. The van der Waals surface area contributed by atoms with Crippen molar-refractivity contribution in [3.05, 3.63) is 28.1 Å². The standard InChI is InChI=1S/C10H10ClN5OS/c1-2-3-6-8(18-16-15-6)9(17)13-7-4-5-12-10(11)14-7/h4-5H,2-3H2,1H3,(H,12,13,14,17). The number of aryl methyl sites for hydroxylation is 1. The van der Waals surface area contributed by atoms with E-state index >= 15 is 0 Å². The number of amides is 1. The van der Waals surface area contributed by atoms with E-state index in [1.54, 1.807) is 6.07 Å². The zero-order chi connectivity index (χ0) is 13.0. The fourth-order valence-electron chi connectivity index (χ4n) is 1.36. The summed E-state index contributed by atoms with van der Waals surface area (Å²) in [4.78, 5) is 20.1. The Morgan fingerprint density at radius 2 is 2.39 bits per heavy atom. The summed E-state index contributed by atoms with van der Waals surface area (Å²) >= 11 is 6.71. The van der Waals surface area contributed by atoms with E-state index in [0.717, 1.165) is 24.4 Å². The fourth-order valence-corrected chi connectivity index (χ4v) is 2.11. The van der Waals surface area contributed by atoms with Crippen molar-refractivity contribution in [2.45, 2.75) is 19.8 Å². The number of rotatable bonds is 4. The van der Waals surface area contributed by atoms with E-state index in [9.17, 15) is 4.79 Å². The Hall–Kier alpha value is -1.60. The number of anilines is 1. The van der Waals surface area contributed by atoms with E-state index in [-0.39, 0.29) is 11.2 Å². The summed E-state index contributed by atoms with van der Waals surface area (Å²) in [6, 6.07) is 1.57. The van der Waals surface area contributed by atoms with Gasteiger partial charge in [-0.2, -0.15) is 0 Å². The molecular formula is C10H10ClN5OS. The Labute approximate surface area is 113 Å². The lowest BCUT2D eigenvalue weighted by molar-refractivity contribution is 0.102. The molecule has 6 nitrogen and oxygen atoms in total. The number of aromatic nitrogens is 4. The summed E-state index contributed by atoms with van der Waals surface area (Å²) in [7, 11) is 0. The van der Waals surface area contributed by atoms with E-state index in [1.807, 2.05) is 6.92 Å². The van der Waals surface area contributed by atoms with Crippen LogP contribution in [0, 0.1) is 0 Å². The zero-order valence-corrected chi connectivity index (χ0v) is 11.1. The molecule has 0 saturated heterocycles. The topological polar surface area (TPSA) is 80.7 Å². The number of hydrogen-bond donors (Lipinski definition) is 1. The molecule has 0 aromatic carbocycles. The van der Waals surface area contributed by atoms with Crippen LogP contribution in [0.25, 0.3) is 0 Å². The Morgan fingerprint density at radius 3 is 3.11 bits per heavy atom. The average Bonchev–Trinajstić information content (AvgIpc) is 2.78. The third-order valence-electron chi connectivity index (χ3n) is 2.12. The third kappa shape index (κ3) is 2.99. The monoisotopic (exact) mass is 283 g/mol. The van der Waals surface area contributed by atoms with Crippen molar-refractivity contribution in [1.82, 2.24) is 19.6 Å². The van der Waals surface area contributed by atoms with Gasteiger partial charge in [-0.05, 0) is 35.6 Å². The van der Waals surface area contributed by atoms with Gasteiger partial charge in [0.2, 0.25) is 5.28 Å². The van der Waals surface area contributed by atoms with Gasteiger partial charge >= 0.3 is 0 Å². The highest BCUT2D eigenvalue weighted by Gasteiger charge is 2.16. The van der Waals surface area contributed by atoms with Crippen LogP contribution in [0.3, 0.4) is 0 Å². The van der Waals surface area contributed by atoms with Gasteiger partial charge < -0.3 is 5.32 Å². The maximum atomic E-state index is 12.0. The summed E-state index contributed by atoms with van der Waals surface area (Å²) < 4.78 is 3.79. The minimum absolute atomic E-state index is 0.0870. The summed E-state index contributed by atoms with van der Waals surface area (Å²) in [5.74, 6) is 0.0825. The van der Waals surface area contributed by atoms with Gasteiger partial charge in [-0.1, -0.05) is 17.8 Å². The Kier molecular flexibility index (Phi) is 4.16. The molecule has 2 aromatic rings. The Balaban J connectivity index is 2.14. The number of carbonyl (C=O) groups is 1. The number of hydrogen-bond acceptors (Lipinski definition) is 6. The average molecular weight is 284 g/mol. The van der Waals surface area contributed by atoms with Crippen molar-refractivity contribution in [2.24, 2.45) is 0 Å². The third-order valence-corrected chi connectivity index (χ3v) is 3.07. The molecule has 0 unspecified atom stereocenters. The molecule has 1 N–H and O–H groups in total. The highest BCUT2D eigenvalue weighted by atomic mass is 35.5. The van der Waals surface area contributed by atoms with Crippen molar-refractivity contribution < 1.29 is 4.79 Å². The smallest absolute Gasteiger partial charge is 0.270 e. The highest BCUT2D eigenvalue weighted by molar-refractivity contribution is 7.08. The molecule has 0 saturated carbocycles. The molecule has 2 aromatic heterocycles. The number of carbonyl (C=O) groups excluding carboxylic acids is 1. The minimum atomic E-state index is -0.275. The van der Waals surface area contributed by atoms with E-state index in [1.165, 1.54) is 6.20 Å². The molecule has 0 radical (unpaired) electrons. The predicted molar refractivity (Wildman–Crippen MR) is 68.9 cm³/mol. The van der Waals surface area contributed by atoms with Gasteiger partial charge in [-0.25, -0.2) is 9.97 Å². The van der Waals surface area contributed by atoms with Gasteiger partial charge in [0.25, 0.3) is 5.91 Å². The SMILES string of the molecule is CCCc1nnsc1C(=O)Nc1ccnc(Cl)n1. The first kappa shape index (κ1) is 12.8. The molecule has 1 amide bonds. The zero-order valence-electron chi connectivity index (χ0n) is 9.55. The van der Waals surface area contributed by atoms with Crippen LogP contribution in [0.2, 0.25) is 5.28 Å². The van der Waals surface area contributed by atoms with Crippen molar-refractivity contribution in [3.8, 4) is 0 Å². The van der Waals surface area contributed by atoms with Crippen LogP contribution in [0.4, 0.5) is 5.82 Å². The quantitative estimate of drug-likeness (QED) is 0.870. The highest BCUT2D eigenvalue weighted by Crippen LogP contribution is 2.15.